The highest BCUT2D eigenvalue weighted by molar-refractivity contribution is 5.76. The summed E-state index contributed by atoms with van der Waals surface area (Å²) in [7, 11) is 0. The molecule has 0 atom stereocenters. The SMILES string of the molecule is Nc1nc2cnccc2n1CC1CCCC1. The molecule has 2 N–H and O–H groups in total. The van der Waals surface area contributed by atoms with Crippen molar-refractivity contribution < 1.29 is 0 Å². The van der Waals surface area contributed by atoms with Crippen molar-refractivity contribution in [3.05, 3.63) is 18.5 Å². The summed E-state index contributed by atoms with van der Waals surface area (Å²) in [5.74, 6) is 1.39. The third-order valence-corrected chi connectivity index (χ3v) is 3.50. The molecule has 4 nitrogen and oxygen atoms in total. The van der Waals surface area contributed by atoms with Gasteiger partial charge in [0.1, 0.15) is 5.52 Å². The van der Waals surface area contributed by atoms with Crippen LogP contribution in [0.25, 0.3) is 11.0 Å². The van der Waals surface area contributed by atoms with Gasteiger partial charge in [-0.2, -0.15) is 0 Å². The molecule has 0 amide bonds. The zero-order valence-corrected chi connectivity index (χ0v) is 9.26. The lowest BCUT2D eigenvalue weighted by Gasteiger charge is -2.11. The van der Waals surface area contributed by atoms with Gasteiger partial charge in [-0.3, -0.25) is 4.98 Å². The van der Waals surface area contributed by atoms with Gasteiger partial charge in [0, 0.05) is 12.7 Å². The largest absolute Gasteiger partial charge is 0.369 e. The van der Waals surface area contributed by atoms with E-state index in [4.69, 9.17) is 5.73 Å². The zero-order valence-electron chi connectivity index (χ0n) is 9.26. The number of rotatable bonds is 2. The van der Waals surface area contributed by atoms with Crippen LogP contribution in [0.1, 0.15) is 25.7 Å². The number of nitrogens with two attached hydrogens (primary N) is 1. The van der Waals surface area contributed by atoms with Crippen LogP contribution in [0.3, 0.4) is 0 Å². The van der Waals surface area contributed by atoms with Gasteiger partial charge in [-0.05, 0) is 24.8 Å². The standard InChI is InChI=1S/C12H16N4/c13-12-15-10-7-14-6-5-11(10)16(12)8-9-3-1-2-4-9/h5-7,9H,1-4,8H2,(H2,13,15). The molecule has 2 aromatic rings. The Labute approximate surface area is 94.5 Å². The van der Waals surface area contributed by atoms with Crippen molar-refractivity contribution in [1.29, 1.82) is 0 Å². The summed E-state index contributed by atoms with van der Waals surface area (Å²) in [5, 5.41) is 0. The van der Waals surface area contributed by atoms with Crippen molar-refractivity contribution in [2.75, 3.05) is 5.73 Å². The van der Waals surface area contributed by atoms with E-state index in [9.17, 15) is 0 Å². The molecule has 1 fully saturated rings. The van der Waals surface area contributed by atoms with E-state index in [1.165, 1.54) is 25.7 Å². The number of anilines is 1. The topological polar surface area (TPSA) is 56.7 Å². The normalized spacial score (nSPS) is 17.2. The highest BCUT2D eigenvalue weighted by Crippen LogP contribution is 2.28. The highest BCUT2D eigenvalue weighted by atomic mass is 15.2. The molecule has 16 heavy (non-hydrogen) atoms. The Morgan fingerprint density at radius 3 is 3.00 bits per heavy atom. The number of fused-ring (bicyclic) bond motifs is 1. The van der Waals surface area contributed by atoms with Gasteiger partial charge in [-0.25, -0.2) is 4.98 Å². The molecule has 2 aromatic heterocycles. The molecule has 0 aliphatic heterocycles. The lowest BCUT2D eigenvalue weighted by atomic mass is 10.1. The summed E-state index contributed by atoms with van der Waals surface area (Å²) in [6.45, 7) is 1.01. The first-order chi connectivity index (χ1) is 7.84. The fourth-order valence-electron chi connectivity index (χ4n) is 2.64. The summed E-state index contributed by atoms with van der Waals surface area (Å²) >= 11 is 0. The van der Waals surface area contributed by atoms with Gasteiger partial charge < -0.3 is 10.3 Å². The van der Waals surface area contributed by atoms with E-state index in [0.717, 1.165) is 23.5 Å². The monoisotopic (exact) mass is 216 g/mol. The quantitative estimate of drug-likeness (QED) is 0.837. The van der Waals surface area contributed by atoms with E-state index in [1.807, 2.05) is 6.07 Å². The van der Waals surface area contributed by atoms with Gasteiger partial charge in [0.25, 0.3) is 0 Å². The molecule has 0 bridgehead atoms. The number of aromatic nitrogens is 3. The maximum atomic E-state index is 5.96. The summed E-state index contributed by atoms with van der Waals surface area (Å²) in [5.41, 5.74) is 7.97. The molecule has 0 spiro atoms. The minimum Gasteiger partial charge on any atom is -0.369 e. The van der Waals surface area contributed by atoms with Crippen molar-refractivity contribution in [3.8, 4) is 0 Å². The van der Waals surface area contributed by atoms with Crippen molar-refractivity contribution in [2.45, 2.75) is 32.2 Å². The Balaban J connectivity index is 1.98. The molecule has 84 valence electrons. The summed E-state index contributed by atoms with van der Waals surface area (Å²) < 4.78 is 2.13. The Morgan fingerprint density at radius 2 is 2.19 bits per heavy atom. The lowest BCUT2D eigenvalue weighted by Crippen LogP contribution is -2.10. The molecule has 0 radical (unpaired) electrons. The van der Waals surface area contributed by atoms with Crippen LogP contribution in [0, 0.1) is 5.92 Å². The van der Waals surface area contributed by atoms with Crippen molar-refractivity contribution >= 4 is 17.0 Å². The van der Waals surface area contributed by atoms with Crippen molar-refractivity contribution in [2.24, 2.45) is 5.92 Å². The van der Waals surface area contributed by atoms with E-state index >= 15 is 0 Å². The van der Waals surface area contributed by atoms with Gasteiger partial charge in [0.05, 0.1) is 11.7 Å². The minimum atomic E-state index is 0.620. The third kappa shape index (κ3) is 1.54. The van der Waals surface area contributed by atoms with Crippen LogP contribution in [0.15, 0.2) is 18.5 Å². The second kappa shape index (κ2) is 3.77. The number of hydrogen-bond acceptors (Lipinski definition) is 3. The maximum Gasteiger partial charge on any atom is 0.201 e. The molecule has 1 saturated carbocycles. The van der Waals surface area contributed by atoms with Crippen LogP contribution in [0.2, 0.25) is 0 Å². The molecule has 0 aromatic carbocycles. The lowest BCUT2D eigenvalue weighted by molar-refractivity contribution is 0.468. The van der Waals surface area contributed by atoms with E-state index in [2.05, 4.69) is 14.5 Å². The first-order valence-corrected chi connectivity index (χ1v) is 5.90. The molecule has 1 aliphatic rings. The Bertz CT molecular complexity index is 497. The van der Waals surface area contributed by atoms with Crippen LogP contribution in [0.4, 0.5) is 5.95 Å². The van der Waals surface area contributed by atoms with Gasteiger partial charge in [0.15, 0.2) is 0 Å². The van der Waals surface area contributed by atoms with Crippen LogP contribution in [-0.2, 0) is 6.54 Å². The maximum absolute atomic E-state index is 5.96. The average molecular weight is 216 g/mol. The number of imidazole rings is 1. The van der Waals surface area contributed by atoms with E-state index in [1.54, 1.807) is 12.4 Å². The van der Waals surface area contributed by atoms with Crippen molar-refractivity contribution in [3.63, 3.8) is 0 Å². The molecule has 3 rings (SSSR count). The number of hydrogen-bond donors (Lipinski definition) is 1. The predicted octanol–water partition coefficient (Wildman–Crippen LogP) is 2.20. The molecule has 1 aliphatic carbocycles. The van der Waals surface area contributed by atoms with Crippen molar-refractivity contribution in [1.82, 2.24) is 14.5 Å². The van der Waals surface area contributed by atoms with Gasteiger partial charge in [0.2, 0.25) is 5.95 Å². The first-order valence-electron chi connectivity index (χ1n) is 5.90. The summed E-state index contributed by atoms with van der Waals surface area (Å²) in [4.78, 5) is 8.40. The third-order valence-electron chi connectivity index (χ3n) is 3.50. The molecular weight excluding hydrogens is 200 g/mol. The molecular formula is C12H16N4. The second-order valence-electron chi connectivity index (χ2n) is 4.60. The minimum absolute atomic E-state index is 0.620. The number of nitrogen functional groups attached to an aromatic ring is 1. The van der Waals surface area contributed by atoms with Gasteiger partial charge >= 0.3 is 0 Å². The van der Waals surface area contributed by atoms with Crippen LogP contribution >= 0.6 is 0 Å². The highest BCUT2D eigenvalue weighted by Gasteiger charge is 2.18. The molecule has 0 saturated heterocycles. The fraction of sp³-hybridized carbons (Fsp3) is 0.500. The Morgan fingerprint density at radius 1 is 1.38 bits per heavy atom. The predicted molar refractivity (Wildman–Crippen MR) is 63.9 cm³/mol. The molecule has 0 unspecified atom stereocenters. The summed E-state index contributed by atoms with van der Waals surface area (Å²) in [6.07, 6.45) is 8.94. The number of nitrogens with zero attached hydrogens (tertiary/aromatic N) is 3. The Kier molecular flexibility index (Phi) is 2.27. The molecule has 4 heteroatoms. The fourth-order valence-corrected chi connectivity index (χ4v) is 2.64. The van der Waals surface area contributed by atoms with E-state index < -0.39 is 0 Å². The number of pyridine rings is 1. The summed E-state index contributed by atoms with van der Waals surface area (Å²) in [6, 6.07) is 1.99. The van der Waals surface area contributed by atoms with Crippen LogP contribution in [-0.4, -0.2) is 14.5 Å². The first kappa shape index (κ1) is 9.63. The Hall–Kier alpha value is -1.58. The molecule has 2 heterocycles. The average Bonchev–Trinajstić information content (AvgIpc) is 2.89. The second-order valence-corrected chi connectivity index (χ2v) is 4.60. The van der Waals surface area contributed by atoms with Gasteiger partial charge in [-0.1, -0.05) is 12.8 Å². The van der Waals surface area contributed by atoms with Crippen LogP contribution in [0.5, 0.6) is 0 Å². The van der Waals surface area contributed by atoms with Crippen LogP contribution < -0.4 is 5.73 Å². The van der Waals surface area contributed by atoms with E-state index in [0.29, 0.717) is 5.95 Å². The van der Waals surface area contributed by atoms with Gasteiger partial charge in [-0.15, -0.1) is 0 Å². The smallest absolute Gasteiger partial charge is 0.201 e. The zero-order chi connectivity index (χ0) is 11.0. The van der Waals surface area contributed by atoms with E-state index in [-0.39, 0.29) is 0 Å².